The van der Waals surface area contributed by atoms with Crippen molar-refractivity contribution in [2.75, 3.05) is 6.67 Å². The molecule has 0 amide bonds. The Hall–Kier alpha value is -0.580. The Morgan fingerprint density at radius 2 is 1.22 bits per heavy atom. The highest BCUT2D eigenvalue weighted by Crippen LogP contribution is 2.36. The lowest BCUT2D eigenvalue weighted by Crippen LogP contribution is -2.39. The lowest BCUT2D eigenvalue weighted by molar-refractivity contribution is 0.196. The molecule has 2 aromatic rings. The van der Waals surface area contributed by atoms with Crippen LogP contribution < -0.4 is 0 Å². The first-order chi connectivity index (χ1) is 13.0. The maximum absolute atomic E-state index is 10.3. The molecule has 0 radical (unpaired) electrons. The molecule has 1 heterocycles. The van der Waals surface area contributed by atoms with Crippen molar-refractivity contribution in [2.45, 2.75) is 50.9 Å². The number of fused-ring (bicyclic) bond motifs is 1. The topological polar surface area (TPSA) is 46.9 Å². The van der Waals surface area contributed by atoms with Crippen molar-refractivity contribution in [3.8, 4) is 11.5 Å². The van der Waals surface area contributed by atoms with E-state index in [0.29, 0.717) is 23.6 Å². The first-order valence-corrected chi connectivity index (χ1v) is 11.6. The molecule has 1 aliphatic carbocycles. The number of nitrogens with zero attached hydrogens (tertiary/aromatic N) is 2. The summed E-state index contributed by atoms with van der Waals surface area (Å²) in [6, 6.07) is 12.7. The van der Waals surface area contributed by atoms with E-state index in [1.807, 2.05) is 12.1 Å². The van der Waals surface area contributed by atoms with Crippen molar-refractivity contribution in [1.29, 1.82) is 0 Å². The molecule has 27 heavy (non-hydrogen) atoms. The highest BCUT2D eigenvalue weighted by molar-refractivity contribution is 14.1. The van der Waals surface area contributed by atoms with E-state index in [2.05, 4.69) is 67.1 Å². The van der Waals surface area contributed by atoms with Crippen molar-refractivity contribution in [2.24, 2.45) is 0 Å². The van der Waals surface area contributed by atoms with E-state index in [1.54, 1.807) is 12.1 Å². The Balaban J connectivity index is 1.55. The number of hydrogen-bond donors (Lipinski definition) is 2. The van der Waals surface area contributed by atoms with Gasteiger partial charge in [0.2, 0.25) is 0 Å². The second-order valence-corrected chi connectivity index (χ2v) is 10.1. The Morgan fingerprint density at radius 3 is 1.67 bits per heavy atom. The highest BCUT2D eigenvalue weighted by Gasteiger charge is 2.41. The van der Waals surface area contributed by atoms with Crippen LogP contribution in [-0.4, -0.2) is 38.8 Å². The Labute approximate surface area is 187 Å². The van der Waals surface area contributed by atoms with E-state index >= 15 is 0 Å². The molecule has 4 rings (SSSR count). The second kappa shape index (κ2) is 8.42. The predicted molar refractivity (Wildman–Crippen MR) is 124 cm³/mol. The number of benzene rings is 2. The summed E-state index contributed by atoms with van der Waals surface area (Å²) in [4.78, 5) is 5.03. The number of phenols is 2. The number of hydrogen-bond acceptors (Lipinski definition) is 4. The number of rotatable bonds is 4. The molecule has 1 aliphatic heterocycles. The van der Waals surface area contributed by atoms with Gasteiger partial charge >= 0.3 is 0 Å². The summed E-state index contributed by atoms with van der Waals surface area (Å²) in [5.41, 5.74) is 2.01. The summed E-state index contributed by atoms with van der Waals surface area (Å²) >= 11 is 4.61. The molecule has 2 atom stereocenters. The van der Waals surface area contributed by atoms with Gasteiger partial charge in [-0.25, -0.2) is 0 Å². The molecule has 1 saturated carbocycles. The van der Waals surface area contributed by atoms with E-state index in [4.69, 9.17) is 0 Å². The average Bonchev–Trinajstić information content (AvgIpc) is 2.99. The zero-order valence-corrected chi connectivity index (χ0v) is 19.4. The van der Waals surface area contributed by atoms with E-state index < -0.39 is 0 Å². The third-order valence-electron chi connectivity index (χ3n) is 5.83. The Morgan fingerprint density at radius 1 is 0.778 bits per heavy atom. The summed E-state index contributed by atoms with van der Waals surface area (Å²) in [5.74, 6) is 0.771. The van der Waals surface area contributed by atoms with Crippen molar-refractivity contribution >= 4 is 45.2 Å². The molecule has 0 bridgehead atoms. The molecule has 0 unspecified atom stereocenters. The molecule has 144 valence electrons. The van der Waals surface area contributed by atoms with Gasteiger partial charge in [-0.15, -0.1) is 0 Å². The van der Waals surface area contributed by atoms with Gasteiger partial charge in [-0.2, -0.15) is 0 Å². The van der Waals surface area contributed by atoms with Gasteiger partial charge < -0.3 is 10.2 Å². The van der Waals surface area contributed by atoms with E-state index in [-0.39, 0.29) is 0 Å². The maximum atomic E-state index is 10.3. The first-order valence-electron chi connectivity index (χ1n) is 9.44. The predicted octanol–water partition coefficient (Wildman–Crippen LogP) is 4.89. The Bertz CT molecular complexity index is 762. The van der Waals surface area contributed by atoms with Crippen molar-refractivity contribution in [1.82, 2.24) is 9.80 Å². The van der Waals surface area contributed by atoms with Crippen LogP contribution in [0.5, 0.6) is 11.5 Å². The largest absolute Gasteiger partial charge is 0.508 e. The molecule has 4 nitrogen and oxygen atoms in total. The SMILES string of the molecule is Oc1ccc(I)cc1CN1CN(Cc2cc(I)ccc2O)[C@@H]2CCCC[C@H]21. The van der Waals surface area contributed by atoms with Gasteiger partial charge in [0.1, 0.15) is 11.5 Å². The van der Waals surface area contributed by atoms with Gasteiger partial charge in [0.25, 0.3) is 0 Å². The molecule has 0 spiro atoms. The molecule has 6 heteroatoms. The van der Waals surface area contributed by atoms with Gasteiger partial charge in [0.05, 0.1) is 6.67 Å². The number of aromatic hydroxyl groups is 2. The van der Waals surface area contributed by atoms with Gasteiger partial charge in [0.15, 0.2) is 0 Å². The van der Waals surface area contributed by atoms with Crippen LogP contribution in [0, 0.1) is 7.14 Å². The van der Waals surface area contributed by atoms with Crippen LogP contribution in [0.15, 0.2) is 36.4 Å². The van der Waals surface area contributed by atoms with Crippen molar-refractivity contribution < 1.29 is 10.2 Å². The van der Waals surface area contributed by atoms with E-state index in [9.17, 15) is 10.2 Å². The van der Waals surface area contributed by atoms with Crippen molar-refractivity contribution in [3.63, 3.8) is 0 Å². The quantitative estimate of drug-likeness (QED) is 0.499. The summed E-state index contributed by atoms with van der Waals surface area (Å²) < 4.78 is 2.31. The molecule has 2 N–H and O–H groups in total. The van der Waals surface area contributed by atoms with Gasteiger partial charge in [0, 0.05) is 43.4 Å². The van der Waals surface area contributed by atoms with Gasteiger partial charge in [-0.05, 0) is 94.4 Å². The normalized spacial score (nSPS) is 23.5. The molecular weight excluding hydrogens is 566 g/mol. The zero-order chi connectivity index (χ0) is 19.0. The third-order valence-corrected chi connectivity index (χ3v) is 7.17. The van der Waals surface area contributed by atoms with Crippen LogP contribution in [0.1, 0.15) is 36.8 Å². The van der Waals surface area contributed by atoms with Crippen LogP contribution in [0.25, 0.3) is 0 Å². The average molecular weight is 590 g/mol. The smallest absolute Gasteiger partial charge is 0.120 e. The fourth-order valence-corrected chi connectivity index (χ4v) is 5.63. The second-order valence-electron chi connectivity index (χ2n) is 7.60. The van der Waals surface area contributed by atoms with Crippen LogP contribution in [0.4, 0.5) is 0 Å². The van der Waals surface area contributed by atoms with Crippen LogP contribution in [-0.2, 0) is 13.1 Å². The molecular formula is C21H24I2N2O2. The van der Waals surface area contributed by atoms with E-state index in [1.165, 1.54) is 25.7 Å². The lowest BCUT2D eigenvalue weighted by atomic mass is 9.90. The molecule has 0 aromatic heterocycles. The van der Waals surface area contributed by atoms with Gasteiger partial charge in [-0.3, -0.25) is 9.80 Å². The van der Waals surface area contributed by atoms with Gasteiger partial charge in [-0.1, -0.05) is 12.8 Å². The molecule has 1 saturated heterocycles. The fraction of sp³-hybridized carbons (Fsp3) is 0.429. The molecule has 2 aromatic carbocycles. The van der Waals surface area contributed by atoms with E-state index in [0.717, 1.165) is 38.0 Å². The highest BCUT2D eigenvalue weighted by atomic mass is 127. The van der Waals surface area contributed by atoms with Crippen LogP contribution in [0.3, 0.4) is 0 Å². The molecule has 2 fully saturated rings. The monoisotopic (exact) mass is 590 g/mol. The lowest BCUT2D eigenvalue weighted by Gasteiger charge is -2.32. The molecule has 2 aliphatic rings. The third kappa shape index (κ3) is 4.38. The standard InChI is InChI=1S/C21H24I2N2O2/c22-16-5-7-20(26)14(9-16)11-24-13-25(19-4-2-1-3-18(19)24)12-15-10-17(23)6-8-21(15)27/h5-10,18-19,26-27H,1-4,11-13H2/t18-,19-/m1/s1. The number of phenolic OH excluding ortho intramolecular Hbond substituents is 2. The fourth-order valence-electron chi connectivity index (χ4n) is 4.52. The minimum atomic E-state index is 0.386. The number of halogens is 2. The zero-order valence-electron chi connectivity index (χ0n) is 15.1. The summed E-state index contributed by atoms with van der Waals surface area (Å²) in [7, 11) is 0. The van der Waals surface area contributed by atoms with Crippen LogP contribution >= 0.6 is 45.2 Å². The van der Waals surface area contributed by atoms with Crippen LogP contribution in [0.2, 0.25) is 0 Å². The summed E-state index contributed by atoms with van der Waals surface area (Å²) in [6.07, 6.45) is 4.98. The maximum Gasteiger partial charge on any atom is 0.120 e. The summed E-state index contributed by atoms with van der Waals surface area (Å²) in [5, 5.41) is 20.6. The Kier molecular flexibility index (Phi) is 6.15. The minimum Gasteiger partial charge on any atom is -0.508 e. The minimum absolute atomic E-state index is 0.386. The first kappa shape index (κ1) is 19.7. The van der Waals surface area contributed by atoms with Crippen molar-refractivity contribution in [3.05, 3.63) is 54.7 Å². The summed E-state index contributed by atoms with van der Waals surface area (Å²) in [6.45, 7) is 2.43.